The summed E-state index contributed by atoms with van der Waals surface area (Å²) in [4.78, 5) is 35.4. The number of rotatable bonds is 6. The maximum absolute atomic E-state index is 13.3. The number of benzene rings is 3. The number of ketones is 1. The van der Waals surface area contributed by atoms with Gasteiger partial charge in [-0.05, 0) is 53.6 Å². The molecule has 0 spiro atoms. The number of carbonyl (C=O) groups is 3. The third-order valence-electron chi connectivity index (χ3n) is 4.16. The van der Waals surface area contributed by atoms with E-state index in [2.05, 4.69) is 0 Å². The van der Waals surface area contributed by atoms with Crippen LogP contribution in [0.3, 0.4) is 0 Å². The van der Waals surface area contributed by atoms with Gasteiger partial charge in [0.05, 0.1) is 0 Å². The Balaban J connectivity index is 1.95. The first-order valence-corrected chi connectivity index (χ1v) is 9.31. The van der Waals surface area contributed by atoms with E-state index in [1.807, 2.05) is 30.3 Å². The van der Waals surface area contributed by atoms with Gasteiger partial charge in [0.2, 0.25) is 0 Å². The molecule has 0 aliphatic carbocycles. The quantitative estimate of drug-likeness (QED) is 0.192. The second kappa shape index (κ2) is 9.47. The number of Topliss-reactive ketones (excluding diaryl/α,β-unsaturated/α-hetero) is 1. The predicted octanol–water partition coefficient (Wildman–Crippen LogP) is 4.96. The summed E-state index contributed by atoms with van der Waals surface area (Å²) in [5.74, 6) is -0.162. The Morgan fingerprint density at radius 2 is 1.13 bits per heavy atom. The lowest BCUT2D eigenvalue weighted by Gasteiger charge is -2.09. The van der Waals surface area contributed by atoms with E-state index in [-0.39, 0.29) is 5.78 Å². The van der Waals surface area contributed by atoms with Crippen LogP contribution in [0.15, 0.2) is 78.9 Å². The SMILES string of the molecule is CC(=O)Oc1ccc(/C=C(/C(=O)c2ccc(OC(C)=O)cc2)c2ccccc2)cc1. The third kappa shape index (κ3) is 5.52. The van der Waals surface area contributed by atoms with E-state index >= 15 is 0 Å². The average Bonchev–Trinajstić information content (AvgIpc) is 2.73. The van der Waals surface area contributed by atoms with Crippen LogP contribution in [-0.2, 0) is 9.59 Å². The molecule has 30 heavy (non-hydrogen) atoms. The van der Waals surface area contributed by atoms with Crippen molar-refractivity contribution in [3.05, 3.63) is 95.6 Å². The molecule has 0 bridgehead atoms. The van der Waals surface area contributed by atoms with Crippen LogP contribution in [0, 0.1) is 0 Å². The fourth-order valence-corrected chi connectivity index (χ4v) is 2.86. The van der Waals surface area contributed by atoms with Gasteiger partial charge in [-0.3, -0.25) is 14.4 Å². The molecule has 0 saturated heterocycles. The molecule has 0 N–H and O–H groups in total. The molecule has 0 amide bonds. The van der Waals surface area contributed by atoms with Crippen LogP contribution >= 0.6 is 0 Å². The van der Waals surface area contributed by atoms with Crippen LogP contribution in [0.1, 0.15) is 35.3 Å². The highest BCUT2D eigenvalue weighted by atomic mass is 16.5. The molecule has 5 nitrogen and oxygen atoms in total. The number of hydrogen-bond donors (Lipinski definition) is 0. The van der Waals surface area contributed by atoms with Gasteiger partial charge in [0.15, 0.2) is 5.78 Å². The molecular formula is C25H20O5. The second-order valence-corrected chi connectivity index (χ2v) is 6.53. The zero-order valence-corrected chi connectivity index (χ0v) is 16.6. The topological polar surface area (TPSA) is 69.7 Å². The van der Waals surface area contributed by atoms with Gasteiger partial charge in [0, 0.05) is 25.0 Å². The molecule has 150 valence electrons. The monoisotopic (exact) mass is 400 g/mol. The molecule has 0 aromatic heterocycles. The molecule has 0 heterocycles. The number of allylic oxidation sites excluding steroid dienone is 1. The number of hydrogen-bond acceptors (Lipinski definition) is 5. The van der Waals surface area contributed by atoms with Gasteiger partial charge >= 0.3 is 11.9 Å². The Kier molecular flexibility index (Phi) is 6.55. The summed E-state index contributed by atoms with van der Waals surface area (Å²) >= 11 is 0. The number of esters is 2. The molecule has 3 aromatic carbocycles. The van der Waals surface area contributed by atoms with E-state index in [1.54, 1.807) is 54.6 Å². The highest BCUT2D eigenvalue weighted by molar-refractivity contribution is 6.32. The highest BCUT2D eigenvalue weighted by Crippen LogP contribution is 2.25. The summed E-state index contributed by atoms with van der Waals surface area (Å²) in [5.41, 5.74) is 2.54. The summed E-state index contributed by atoms with van der Waals surface area (Å²) in [6, 6.07) is 22.7. The molecule has 3 rings (SSSR count). The van der Waals surface area contributed by atoms with E-state index in [9.17, 15) is 14.4 Å². The number of ether oxygens (including phenoxy) is 2. The molecule has 3 aromatic rings. The van der Waals surface area contributed by atoms with Crippen molar-refractivity contribution < 1.29 is 23.9 Å². The van der Waals surface area contributed by atoms with Gasteiger partial charge < -0.3 is 9.47 Å². The fourth-order valence-electron chi connectivity index (χ4n) is 2.86. The Hall–Kier alpha value is -3.99. The number of carbonyl (C=O) groups excluding carboxylic acids is 3. The minimum Gasteiger partial charge on any atom is -0.427 e. The van der Waals surface area contributed by atoms with Crippen molar-refractivity contribution in [2.75, 3.05) is 0 Å². The average molecular weight is 400 g/mol. The minimum absolute atomic E-state index is 0.167. The van der Waals surface area contributed by atoms with Crippen LogP contribution in [0.2, 0.25) is 0 Å². The zero-order valence-electron chi connectivity index (χ0n) is 16.6. The maximum Gasteiger partial charge on any atom is 0.308 e. The van der Waals surface area contributed by atoms with Crippen LogP contribution in [0.4, 0.5) is 0 Å². The van der Waals surface area contributed by atoms with Gasteiger partial charge in [0.25, 0.3) is 0 Å². The first kappa shape index (κ1) is 20.7. The summed E-state index contributed by atoms with van der Waals surface area (Å²) in [5, 5.41) is 0. The van der Waals surface area contributed by atoms with E-state index in [0.29, 0.717) is 22.6 Å². The van der Waals surface area contributed by atoms with Gasteiger partial charge in [-0.15, -0.1) is 0 Å². The Morgan fingerprint density at radius 1 is 0.633 bits per heavy atom. The van der Waals surface area contributed by atoms with Crippen molar-refractivity contribution in [1.29, 1.82) is 0 Å². The zero-order chi connectivity index (χ0) is 21.5. The molecule has 0 unspecified atom stereocenters. The van der Waals surface area contributed by atoms with Crippen molar-refractivity contribution in [1.82, 2.24) is 0 Å². The molecule has 0 fully saturated rings. The van der Waals surface area contributed by atoms with Crippen molar-refractivity contribution >= 4 is 29.4 Å². The Labute approximate surface area is 174 Å². The van der Waals surface area contributed by atoms with E-state index in [1.165, 1.54) is 13.8 Å². The largest absolute Gasteiger partial charge is 0.427 e. The summed E-state index contributed by atoms with van der Waals surface area (Å²) in [6.07, 6.45) is 1.79. The lowest BCUT2D eigenvalue weighted by Crippen LogP contribution is -2.04. The van der Waals surface area contributed by atoms with Gasteiger partial charge in [0.1, 0.15) is 11.5 Å². The molecular weight excluding hydrogens is 380 g/mol. The van der Waals surface area contributed by atoms with Crippen molar-refractivity contribution in [2.24, 2.45) is 0 Å². The van der Waals surface area contributed by atoms with Crippen LogP contribution in [-0.4, -0.2) is 17.7 Å². The van der Waals surface area contributed by atoms with E-state index < -0.39 is 11.9 Å². The molecule has 5 heteroatoms. The first-order chi connectivity index (χ1) is 14.4. The van der Waals surface area contributed by atoms with Crippen molar-refractivity contribution in [3.8, 4) is 11.5 Å². The highest BCUT2D eigenvalue weighted by Gasteiger charge is 2.15. The van der Waals surface area contributed by atoms with Gasteiger partial charge in [-0.1, -0.05) is 42.5 Å². The molecule has 0 atom stereocenters. The molecule has 0 saturated carbocycles. The van der Waals surface area contributed by atoms with Crippen LogP contribution in [0.5, 0.6) is 11.5 Å². The fraction of sp³-hybridized carbons (Fsp3) is 0.0800. The molecule has 0 aliphatic rings. The van der Waals surface area contributed by atoms with Crippen molar-refractivity contribution in [2.45, 2.75) is 13.8 Å². The first-order valence-electron chi connectivity index (χ1n) is 9.31. The maximum atomic E-state index is 13.3. The summed E-state index contributed by atoms with van der Waals surface area (Å²) < 4.78 is 10.1. The predicted molar refractivity (Wildman–Crippen MR) is 114 cm³/mol. The Morgan fingerprint density at radius 3 is 1.63 bits per heavy atom. The van der Waals surface area contributed by atoms with E-state index in [4.69, 9.17) is 9.47 Å². The van der Waals surface area contributed by atoms with Crippen molar-refractivity contribution in [3.63, 3.8) is 0 Å². The van der Waals surface area contributed by atoms with Crippen LogP contribution in [0.25, 0.3) is 11.6 Å². The lowest BCUT2D eigenvalue weighted by atomic mass is 9.94. The second-order valence-electron chi connectivity index (χ2n) is 6.53. The summed E-state index contributed by atoms with van der Waals surface area (Å²) in [6.45, 7) is 2.66. The lowest BCUT2D eigenvalue weighted by molar-refractivity contribution is -0.132. The smallest absolute Gasteiger partial charge is 0.308 e. The molecule has 0 aliphatic heterocycles. The summed E-state index contributed by atoms with van der Waals surface area (Å²) in [7, 11) is 0. The van der Waals surface area contributed by atoms with Gasteiger partial charge in [-0.2, -0.15) is 0 Å². The molecule has 0 radical (unpaired) electrons. The standard InChI is InChI=1S/C25H20O5/c1-17(26)29-22-12-8-19(9-13-22)16-24(20-6-4-3-5-7-20)25(28)21-10-14-23(15-11-21)30-18(2)27/h3-16H,1-2H3/b24-16+. The normalized spacial score (nSPS) is 10.9. The third-order valence-corrected chi connectivity index (χ3v) is 4.16. The van der Waals surface area contributed by atoms with E-state index in [0.717, 1.165) is 11.1 Å². The Bertz CT molecular complexity index is 1080. The van der Waals surface area contributed by atoms with Gasteiger partial charge in [-0.25, -0.2) is 0 Å². The minimum atomic E-state index is -0.420. The van der Waals surface area contributed by atoms with Crippen LogP contribution < -0.4 is 9.47 Å².